The molecule has 0 saturated carbocycles. The van der Waals surface area contributed by atoms with Gasteiger partial charge in [0.2, 0.25) is 0 Å². The monoisotopic (exact) mass is 389 g/mol. The van der Waals surface area contributed by atoms with Crippen molar-refractivity contribution in [2.75, 3.05) is 25.1 Å². The average Bonchev–Trinajstić information content (AvgIpc) is 3.08. The first-order valence-electron chi connectivity index (χ1n) is 9.48. The van der Waals surface area contributed by atoms with Crippen molar-refractivity contribution >= 4 is 17.6 Å². The largest absolute Gasteiger partial charge is 0.497 e. The van der Waals surface area contributed by atoms with Crippen LogP contribution < -0.4 is 15.0 Å². The van der Waals surface area contributed by atoms with Gasteiger partial charge in [-0.15, -0.1) is 6.58 Å². The highest BCUT2D eigenvalue weighted by Crippen LogP contribution is 2.38. The second-order valence-corrected chi connectivity index (χ2v) is 7.14. The summed E-state index contributed by atoms with van der Waals surface area (Å²) in [6.07, 6.45) is 1.66. The van der Waals surface area contributed by atoms with Gasteiger partial charge in [-0.05, 0) is 36.8 Å². The Bertz CT molecular complexity index is 993. The SMILES string of the molecule is C=CCN1C(=O)NC(c2ccc(OC)cc2)C2=C1CN(c1ccc(C)cc1)C2=O. The second kappa shape index (κ2) is 7.47. The van der Waals surface area contributed by atoms with E-state index in [2.05, 4.69) is 11.9 Å². The number of hydrogen-bond donors (Lipinski definition) is 1. The van der Waals surface area contributed by atoms with Gasteiger partial charge in [-0.3, -0.25) is 9.69 Å². The molecule has 0 radical (unpaired) electrons. The number of ether oxygens (including phenoxy) is 1. The number of methoxy groups -OCH3 is 1. The summed E-state index contributed by atoms with van der Waals surface area (Å²) in [5.41, 5.74) is 4.09. The third-order valence-electron chi connectivity index (χ3n) is 5.33. The molecule has 0 aromatic heterocycles. The van der Waals surface area contributed by atoms with Crippen molar-refractivity contribution in [3.8, 4) is 5.75 Å². The summed E-state index contributed by atoms with van der Waals surface area (Å²) >= 11 is 0. The number of benzene rings is 2. The Kier molecular flexibility index (Phi) is 4.84. The second-order valence-electron chi connectivity index (χ2n) is 7.14. The van der Waals surface area contributed by atoms with Crippen LogP contribution in [0.2, 0.25) is 0 Å². The molecule has 1 N–H and O–H groups in total. The summed E-state index contributed by atoms with van der Waals surface area (Å²) in [4.78, 5) is 29.5. The van der Waals surface area contributed by atoms with Gasteiger partial charge >= 0.3 is 6.03 Å². The fourth-order valence-corrected chi connectivity index (χ4v) is 3.79. The maximum atomic E-state index is 13.4. The van der Waals surface area contributed by atoms with Crippen molar-refractivity contribution in [1.82, 2.24) is 10.2 Å². The van der Waals surface area contributed by atoms with E-state index in [9.17, 15) is 9.59 Å². The molecule has 148 valence electrons. The van der Waals surface area contributed by atoms with E-state index in [0.29, 0.717) is 18.7 Å². The smallest absolute Gasteiger partial charge is 0.322 e. The van der Waals surface area contributed by atoms with E-state index < -0.39 is 6.04 Å². The Balaban J connectivity index is 1.76. The van der Waals surface area contributed by atoms with Gasteiger partial charge in [0.05, 0.1) is 31.0 Å². The number of rotatable bonds is 5. The normalized spacial score (nSPS) is 18.6. The summed E-state index contributed by atoms with van der Waals surface area (Å²) in [7, 11) is 1.60. The zero-order valence-corrected chi connectivity index (χ0v) is 16.5. The Morgan fingerprint density at radius 3 is 2.45 bits per heavy atom. The number of anilines is 1. The molecule has 0 fully saturated rings. The summed E-state index contributed by atoms with van der Waals surface area (Å²) < 4.78 is 5.23. The number of urea groups is 1. The van der Waals surface area contributed by atoms with Gasteiger partial charge in [0.1, 0.15) is 5.75 Å². The Labute approximate surface area is 170 Å². The minimum atomic E-state index is -0.507. The topological polar surface area (TPSA) is 61.9 Å². The number of nitrogens with zero attached hydrogens (tertiary/aromatic N) is 2. The molecule has 1 unspecified atom stereocenters. The molecule has 2 aliphatic rings. The van der Waals surface area contributed by atoms with Gasteiger partial charge in [-0.25, -0.2) is 4.79 Å². The van der Waals surface area contributed by atoms with Crippen molar-refractivity contribution in [1.29, 1.82) is 0 Å². The third-order valence-corrected chi connectivity index (χ3v) is 5.33. The van der Waals surface area contributed by atoms with E-state index in [0.717, 1.165) is 28.3 Å². The molecule has 2 aromatic rings. The summed E-state index contributed by atoms with van der Waals surface area (Å²) in [5, 5.41) is 2.98. The van der Waals surface area contributed by atoms with Crippen molar-refractivity contribution in [2.24, 2.45) is 0 Å². The highest BCUT2D eigenvalue weighted by atomic mass is 16.5. The molecule has 2 heterocycles. The number of carbonyl (C=O) groups is 2. The molecule has 2 aliphatic heterocycles. The highest BCUT2D eigenvalue weighted by Gasteiger charge is 2.44. The van der Waals surface area contributed by atoms with Crippen LogP contribution in [-0.2, 0) is 4.79 Å². The highest BCUT2D eigenvalue weighted by molar-refractivity contribution is 6.11. The number of nitrogens with one attached hydrogen (secondary N) is 1. The van der Waals surface area contributed by atoms with Crippen LogP contribution in [0.15, 0.2) is 72.5 Å². The first kappa shape index (κ1) is 18.8. The van der Waals surface area contributed by atoms with E-state index in [4.69, 9.17) is 4.74 Å². The van der Waals surface area contributed by atoms with E-state index in [1.54, 1.807) is 23.0 Å². The maximum absolute atomic E-state index is 13.4. The van der Waals surface area contributed by atoms with Crippen molar-refractivity contribution < 1.29 is 14.3 Å². The lowest BCUT2D eigenvalue weighted by atomic mass is 9.95. The third kappa shape index (κ3) is 3.27. The number of aryl methyl sites for hydroxylation is 1. The van der Waals surface area contributed by atoms with Gasteiger partial charge < -0.3 is 15.0 Å². The van der Waals surface area contributed by atoms with Crippen molar-refractivity contribution in [3.05, 3.63) is 83.6 Å². The number of carbonyl (C=O) groups excluding carboxylic acids is 2. The summed E-state index contributed by atoms with van der Waals surface area (Å²) in [6, 6.07) is 14.5. The average molecular weight is 389 g/mol. The number of hydrogen-bond acceptors (Lipinski definition) is 3. The van der Waals surface area contributed by atoms with Crippen LogP contribution in [0.5, 0.6) is 5.75 Å². The lowest BCUT2D eigenvalue weighted by Crippen LogP contribution is -2.47. The standard InChI is InChI=1S/C23H23N3O3/c1-4-13-25-19-14-26(17-9-5-15(2)6-10-17)22(27)20(19)21(24-23(25)28)16-7-11-18(29-3)12-8-16/h4-12,21H,1,13-14H2,2-3H3,(H,24,28). The molecule has 6 nitrogen and oxygen atoms in total. The zero-order chi connectivity index (χ0) is 20.5. The van der Waals surface area contributed by atoms with Crippen LogP contribution in [0.1, 0.15) is 17.2 Å². The predicted octanol–water partition coefficient (Wildman–Crippen LogP) is 3.56. The molecule has 3 amide bonds. The van der Waals surface area contributed by atoms with Crippen molar-refractivity contribution in [2.45, 2.75) is 13.0 Å². The molecule has 0 spiro atoms. The van der Waals surface area contributed by atoms with E-state index in [1.807, 2.05) is 55.5 Å². The van der Waals surface area contributed by atoms with Crippen LogP contribution in [0, 0.1) is 6.92 Å². The van der Waals surface area contributed by atoms with Gasteiger partial charge in [-0.2, -0.15) is 0 Å². The molecular weight excluding hydrogens is 366 g/mol. The quantitative estimate of drug-likeness (QED) is 0.796. The molecule has 4 rings (SSSR count). The molecule has 29 heavy (non-hydrogen) atoms. The number of amides is 3. The zero-order valence-electron chi connectivity index (χ0n) is 16.5. The van der Waals surface area contributed by atoms with E-state index in [-0.39, 0.29) is 11.9 Å². The lowest BCUT2D eigenvalue weighted by Gasteiger charge is -2.33. The molecule has 6 heteroatoms. The molecule has 1 atom stereocenters. The Hall–Kier alpha value is -3.54. The minimum Gasteiger partial charge on any atom is -0.497 e. The fraction of sp³-hybridized carbons (Fsp3) is 0.217. The summed E-state index contributed by atoms with van der Waals surface area (Å²) in [6.45, 7) is 6.45. The van der Waals surface area contributed by atoms with Crippen LogP contribution >= 0.6 is 0 Å². The first-order valence-corrected chi connectivity index (χ1v) is 9.48. The minimum absolute atomic E-state index is 0.0984. The van der Waals surface area contributed by atoms with Gasteiger partial charge in [0.15, 0.2) is 0 Å². The fourth-order valence-electron chi connectivity index (χ4n) is 3.79. The van der Waals surface area contributed by atoms with Gasteiger partial charge in [-0.1, -0.05) is 35.9 Å². The maximum Gasteiger partial charge on any atom is 0.322 e. The van der Waals surface area contributed by atoms with Crippen LogP contribution in [-0.4, -0.2) is 37.0 Å². The van der Waals surface area contributed by atoms with E-state index in [1.165, 1.54) is 0 Å². The molecule has 0 bridgehead atoms. The predicted molar refractivity (Wildman–Crippen MR) is 112 cm³/mol. The summed E-state index contributed by atoms with van der Waals surface area (Å²) in [5.74, 6) is 0.621. The Morgan fingerprint density at radius 1 is 1.14 bits per heavy atom. The first-order chi connectivity index (χ1) is 14.0. The van der Waals surface area contributed by atoms with Crippen LogP contribution in [0.3, 0.4) is 0 Å². The van der Waals surface area contributed by atoms with Crippen LogP contribution in [0.25, 0.3) is 0 Å². The molecule has 0 aliphatic carbocycles. The van der Waals surface area contributed by atoms with Gasteiger partial charge in [0.25, 0.3) is 5.91 Å². The molecule has 0 saturated heterocycles. The molecule has 2 aromatic carbocycles. The lowest BCUT2D eigenvalue weighted by molar-refractivity contribution is -0.114. The molecular formula is C23H23N3O3. The Morgan fingerprint density at radius 2 is 1.83 bits per heavy atom. The van der Waals surface area contributed by atoms with Crippen LogP contribution in [0.4, 0.5) is 10.5 Å². The van der Waals surface area contributed by atoms with Gasteiger partial charge in [0, 0.05) is 12.2 Å². The van der Waals surface area contributed by atoms with Crippen molar-refractivity contribution in [3.63, 3.8) is 0 Å². The van der Waals surface area contributed by atoms with E-state index >= 15 is 0 Å².